The van der Waals surface area contributed by atoms with Crippen molar-refractivity contribution in [1.82, 2.24) is 9.78 Å². The summed E-state index contributed by atoms with van der Waals surface area (Å²) in [5, 5.41) is 6.03. The lowest BCUT2D eigenvalue weighted by Gasteiger charge is -2.05. The molecule has 1 N–H and O–H groups in total. The number of carbonyl (C=O) groups is 1. The van der Waals surface area contributed by atoms with Gasteiger partial charge in [0.15, 0.2) is 5.69 Å². The first-order valence-corrected chi connectivity index (χ1v) is 8.87. The Hall–Kier alpha value is -3.20. The molecule has 2 heterocycles. The Labute approximate surface area is 160 Å². The van der Waals surface area contributed by atoms with Gasteiger partial charge in [-0.15, -0.1) is 11.3 Å². The van der Waals surface area contributed by atoms with Gasteiger partial charge in [-0.3, -0.25) is 4.79 Å². The number of benzene rings is 2. The van der Waals surface area contributed by atoms with Crippen LogP contribution < -0.4 is 5.32 Å². The van der Waals surface area contributed by atoms with E-state index in [1.807, 2.05) is 0 Å². The van der Waals surface area contributed by atoms with Crippen molar-refractivity contribution in [2.75, 3.05) is 5.32 Å². The van der Waals surface area contributed by atoms with Crippen LogP contribution >= 0.6 is 11.3 Å². The van der Waals surface area contributed by atoms with E-state index in [1.165, 1.54) is 22.9 Å². The highest BCUT2D eigenvalue weighted by molar-refractivity contribution is 7.20. The van der Waals surface area contributed by atoms with Gasteiger partial charge in [-0.2, -0.15) is 18.3 Å². The third-order valence-corrected chi connectivity index (χ3v) is 5.04. The summed E-state index contributed by atoms with van der Waals surface area (Å²) in [6, 6.07) is 14.8. The number of anilines is 1. The molecule has 0 saturated carbocycles. The summed E-state index contributed by atoms with van der Waals surface area (Å²) in [6.45, 7) is 0. The largest absolute Gasteiger partial charge is 0.435 e. The molecule has 9 heteroatoms. The normalized spacial score (nSPS) is 11.7. The fourth-order valence-corrected chi connectivity index (χ4v) is 3.76. The van der Waals surface area contributed by atoms with Gasteiger partial charge < -0.3 is 5.32 Å². The smallest absolute Gasteiger partial charge is 0.321 e. The van der Waals surface area contributed by atoms with E-state index in [-0.39, 0.29) is 20.8 Å². The van der Waals surface area contributed by atoms with E-state index in [2.05, 4.69) is 10.4 Å². The number of nitrogens with zero attached hydrogens (tertiary/aromatic N) is 2. The predicted molar refractivity (Wildman–Crippen MR) is 98.3 cm³/mol. The summed E-state index contributed by atoms with van der Waals surface area (Å²) in [5.41, 5.74) is -0.405. The highest BCUT2D eigenvalue weighted by Crippen LogP contribution is 2.39. The number of para-hydroxylation sites is 1. The van der Waals surface area contributed by atoms with E-state index in [0.717, 1.165) is 23.5 Å². The lowest BCUT2D eigenvalue weighted by atomic mass is 10.2. The van der Waals surface area contributed by atoms with Gasteiger partial charge in [-0.25, -0.2) is 9.07 Å². The summed E-state index contributed by atoms with van der Waals surface area (Å²) in [5.74, 6) is -1.16. The van der Waals surface area contributed by atoms with Gasteiger partial charge in [0.05, 0.1) is 10.6 Å². The third-order valence-electron chi connectivity index (χ3n) is 3.94. The molecule has 2 aromatic heterocycles. The number of thiophene rings is 1. The molecule has 0 spiro atoms. The Morgan fingerprint density at radius 2 is 1.79 bits per heavy atom. The highest BCUT2D eigenvalue weighted by Gasteiger charge is 2.38. The minimum atomic E-state index is -4.67. The first-order valence-electron chi connectivity index (χ1n) is 8.05. The van der Waals surface area contributed by atoms with Crippen molar-refractivity contribution in [2.24, 2.45) is 0 Å². The van der Waals surface area contributed by atoms with E-state index in [1.54, 1.807) is 30.3 Å². The summed E-state index contributed by atoms with van der Waals surface area (Å²) in [6.07, 6.45) is -4.67. The first-order chi connectivity index (χ1) is 13.3. The number of aromatic nitrogens is 2. The Kier molecular flexibility index (Phi) is 4.38. The SMILES string of the molecule is O=C(Nc1cccc(F)c1)c1cc2c(C(F)(F)F)nn(-c3ccccc3)c2s1. The minimum absolute atomic E-state index is 0.0619. The molecule has 4 aromatic rings. The molecule has 0 atom stereocenters. The molecule has 0 aliphatic heterocycles. The summed E-state index contributed by atoms with van der Waals surface area (Å²) >= 11 is 0.882. The highest BCUT2D eigenvalue weighted by atomic mass is 32.1. The topological polar surface area (TPSA) is 46.9 Å². The first kappa shape index (κ1) is 18.2. The quantitative estimate of drug-likeness (QED) is 0.458. The number of halogens is 4. The monoisotopic (exact) mass is 405 g/mol. The molecule has 4 rings (SSSR count). The van der Waals surface area contributed by atoms with E-state index in [9.17, 15) is 22.4 Å². The second kappa shape index (κ2) is 6.75. The zero-order valence-electron chi connectivity index (χ0n) is 14.0. The zero-order valence-corrected chi connectivity index (χ0v) is 14.8. The maximum Gasteiger partial charge on any atom is 0.435 e. The van der Waals surface area contributed by atoms with Crippen molar-refractivity contribution >= 4 is 33.1 Å². The van der Waals surface area contributed by atoms with Crippen LogP contribution in [0.4, 0.5) is 23.2 Å². The number of nitrogens with one attached hydrogen (secondary N) is 1. The molecule has 0 fully saturated rings. The molecular formula is C19H11F4N3OS. The molecule has 1 amide bonds. The van der Waals surface area contributed by atoms with Crippen LogP contribution in [0.3, 0.4) is 0 Å². The van der Waals surface area contributed by atoms with Crippen LogP contribution in [0.5, 0.6) is 0 Å². The van der Waals surface area contributed by atoms with Gasteiger partial charge in [-0.05, 0) is 36.4 Å². The van der Waals surface area contributed by atoms with Crippen LogP contribution in [0.25, 0.3) is 15.9 Å². The second-order valence-corrected chi connectivity index (χ2v) is 6.92. The lowest BCUT2D eigenvalue weighted by molar-refractivity contribution is -0.140. The number of rotatable bonds is 3. The van der Waals surface area contributed by atoms with Crippen molar-refractivity contribution in [3.63, 3.8) is 0 Å². The molecule has 0 radical (unpaired) electrons. The van der Waals surface area contributed by atoms with E-state index < -0.39 is 23.6 Å². The predicted octanol–water partition coefficient (Wildman–Crippen LogP) is 5.50. The number of alkyl halides is 3. The Bertz CT molecular complexity index is 1170. The van der Waals surface area contributed by atoms with Crippen molar-refractivity contribution in [1.29, 1.82) is 0 Å². The van der Waals surface area contributed by atoms with Crippen molar-refractivity contribution in [2.45, 2.75) is 6.18 Å². The standard InChI is InChI=1S/C19H11F4N3OS/c20-11-5-4-6-12(9-11)24-17(27)15-10-14-16(19(21,22)23)25-26(18(14)28-15)13-7-2-1-3-8-13/h1-10H,(H,24,27). The maximum absolute atomic E-state index is 13.4. The van der Waals surface area contributed by atoms with Crippen LogP contribution in [0.1, 0.15) is 15.4 Å². The number of hydrogen-bond acceptors (Lipinski definition) is 3. The molecule has 142 valence electrons. The fraction of sp³-hybridized carbons (Fsp3) is 0.0526. The van der Waals surface area contributed by atoms with Gasteiger partial charge >= 0.3 is 6.18 Å². The second-order valence-electron chi connectivity index (χ2n) is 5.89. The molecule has 0 aliphatic carbocycles. The summed E-state index contributed by atoms with van der Waals surface area (Å²) in [7, 11) is 0. The van der Waals surface area contributed by atoms with Crippen LogP contribution in [0.2, 0.25) is 0 Å². The minimum Gasteiger partial charge on any atom is -0.321 e. The number of amides is 1. The third kappa shape index (κ3) is 3.36. The van der Waals surface area contributed by atoms with Gasteiger partial charge in [0.25, 0.3) is 5.91 Å². The summed E-state index contributed by atoms with van der Waals surface area (Å²) in [4.78, 5) is 12.7. The molecule has 0 aliphatic rings. The Morgan fingerprint density at radius 3 is 2.46 bits per heavy atom. The van der Waals surface area contributed by atoms with E-state index in [0.29, 0.717) is 5.69 Å². The van der Waals surface area contributed by atoms with Gasteiger partial charge in [0, 0.05) is 11.1 Å². The molecule has 0 unspecified atom stereocenters. The van der Waals surface area contributed by atoms with E-state index in [4.69, 9.17) is 0 Å². The zero-order chi connectivity index (χ0) is 19.9. The lowest BCUT2D eigenvalue weighted by Crippen LogP contribution is -2.11. The number of hydrogen-bond donors (Lipinski definition) is 1. The molecule has 28 heavy (non-hydrogen) atoms. The molecule has 0 bridgehead atoms. The van der Waals surface area contributed by atoms with Crippen LogP contribution in [0.15, 0.2) is 60.7 Å². The molecular weight excluding hydrogens is 394 g/mol. The molecule has 2 aromatic carbocycles. The molecule has 4 nitrogen and oxygen atoms in total. The number of fused-ring (bicyclic) bond motifs is 1. The Morgan fingerprint density at radius 1 is 1.04 bits per heavy atom. The average molecular weight is 405 g/mol. The Balaban J connectivity index is 1.79. The van der Waals surface area contributed by atoms with Gasteiger partial charge in [-0.1, -0.05) is 24.3 Å². The fourth-order valence-electron chi connectivity index (χ4n) is 2.73. The number of carbonyl (C=O) groups excluding carboxylic acids is 1. The molecule has 0 saturated heterocycles. The van der Waals surface area contributed by atoms with Crippen LogP contribution in [-0.2, 0) is 6.18 Å². The van der Waals surface area contributed by atoms with E-state index >= 15 is 0 Å². The van der Waals surface area contributed by atoms with Gasteiger partial charge in [0.1, 0.15) is 10.6 Å². The van der Waals surface area contributed by atoms with Crippen molar-refractivity contribution in [3.05, 3.63) is 77.1 Å². The maximum atomic E-state index is 13.4. The van der Waals surface area contributed by atoms with Crippen molar-refractivity contribution in [3.8, 4) is 5.69 Å². The van der Waals surface area contributed by atoms with Crippen molar-refractivity contribution < 1.29 is 22.4 Å². The summed E-state index contributed by atoms with van der Waals surface area (Å²) < 4.78 is 54.8. The van der Waals surface area contributed by atoms with Gasteiger partial charge in [0.2, 0.25) is 0 Å². The van der Waals surface area contributed by atoms with Crippen LogP contribution in [0, 0.1) is 5.82 Å². The van der Waals surface area contributed by atoms with Crippen LogP contribution in [-0.4, -0.2) is 15.7 Å². The average Bonchev–Trinajstić information content (AvgIpc) is 3.21.